The summed E-state index contributed by atoms with van der Waals surface area (Å²) in [5.74, 6) is 0.529. The van der Waals surface area contributed by atoms with E-state index in [0.717, 1.165) is 66.4 Å². The maximum Gasteiger partial charge on any atom is 0.352 e. The fourth-order valence-electron chi connectivity index (χ4n) is 8.87. The number of nitrogens with zero attached hydrogens (tertiary/aromatic N) is 5. The lowest BCUT2D eigenvalue weighted by Crippen LogP contribution is -2.43. The molecular formula is C48H47Cl2N5O6. The van der Waals surface area contributed by atoms with Crippen molar-refractivity contribution in [3.8, 4) is 22.6 Å². The van der Waals surface area contributed by atoms with Gasteiger partial charge < -0.3 is 33.4 Å². The number of carboxylic acid groups (broad SMARTS) is 1. The molecule has 11 nitrogen and oxygen atoms in total. The molecule has 0 spiro atoms. The Morgan fingerprint density at radius 3 is 2.26 bits per heavy atom. The van der Waals surface area contributed by atoms with Gasteiger partial charge in [0.1, 0.15) is 29.5 Å². The van der Waals surface area contributed by atoms with Gasteiger partial charge in [0.15, 0.2) is 5.82 Å². The van der Waals surface area contributed by atoms with Crippen LogP contribution in [0, 0.1) is 27.7 Å². The van der Waals surface area contributed by atoms with Crippen molar-refractivity contribution in [2.75, 3.05) is 25.2 Å². The minimum atomic E-state index is -1.08. The predicted molar refractivity (Wildman–Crippen MR) is 240 cm³/mol. The highest BCUT2D eigenvalue weighted by Crippen LogP contribution is 2.46. The summed E-state index contributed by atoms with van der Waals surface area (Å²) in [5.41, 5.74) is 9.49. The van der Waals surface area contributed by atoms with Crippen LogP contribution >= 0.6 is 23.2 Å². The SMILES string of the molecule is COc1ccc(N2C[C@@H](C)n3c(c(CCCOc4cc(C)c(Cl)c(C)c4)c4ccc(Cl)c(-c5c(C)nc(COCc6ccccc6)nc5C)c43)C2=O)c2c1cc(C(=O)O)n2C. The number of benzene rings is 4. The molecule has 1 amide bonds. The molecule has 314 valence electrons. The van der Waals surface area contributed by atoms with Crippen LogP contribution in [0.4, 0.5) is 5.69 Å². The number of anilines is 1. The van der Waals surface area contributed by atoms with Gasteiger partial charge in [-0.15, -0.1) is 0 Å². The number of methoxy groups -OCH3 is 1. The molecule has 3 aromatic heterocycles. The molecule has 7 aromatic rings. The Balaban J connectivity index is 1.24. The highest BCUT2D eigenvalue weighted by atomic mass is 35.5. The van der Waals surface area contributed by atoms with Crippen LogP contribution in [0.1, 0.15) is 79.8 Å². The van der Waals surface area contributed by atoms with E-state index in [2.05, 4.69) is 11.5 Å². The summed E-state index contributed by atoms with van der Waals surface area (Å²) >= 11 is 13.7. The van der Waals surface area contributed by atoms with Gasteiger partial charge >= 0.3 is 5.97 Å². The molecule has 13 heteroatoms. The zero-order valence-electron chi connectivity index (χ0n) is 35.2. The monoisotopic (exact) mass is 859 g/mol. The van der Waals surface area contributed by atoms with Gasteiger partial charge in [0.2, 0.25) is 0 Å². The number of fused-ring (bicyclic) bond motifs is 4. The van der Waals surface area contributed by atoms with Crippen LogP contribution in [0.5, 0.6) is 11.5 Å². The molecule has 1 atom stereocenters. The average Bonchev–Trinajstić information content (AvgIpc) is 3.76. The van der Waals surface area contributed by atoms with Gasteiger partial charge in [0.25, 0.3) is 5.91 Å². The number of amides is 1. The topological polar surface area (TPSA) is 121 Å². The molecule has 0 aliphatic carbocycles. The first-order chi connectivity index (χ1) is 29.3. The largest absolute Gasteiger partial charge is 0.496 e. The Hall–Kier alpha value is -5.88. The molecule has 1 aliphatic heterocycles. The maximum atomic E-state index is 15.3. The van der Waals surface area contributed by atoms with Crippen LogP contribution in [0.15, 0.2) is 72.8 Å². The first kappa shape index (κ1) is 41.8. The summed E-state index contributed by atoms with van der Waals surface area (Å²) in [5, 5.41) is 12.8. The summed E-state index contributed by atoms with van der Waals surface area (Å²) < 4.78 is 21.7. The highest BCUT2D eigenvalue weighted by molar-refractivity contribution is 6.35. The second-order valence-electron chi connectivity index (χ2n) is 15.7. The van der Waals surface area contributed by atoms with E-state index in [-0.39, 0.29) is 24.2 Å². The van der Waals surface area contributed by atoms with Crippen molar-refractivity contribution >= 4 is 62.6 Å². The number of aromatic carboxylic acids is 1. The number of carbonyl (C=O) groups is 2. The Morgan fingerprint density at radius 2 is 1.59 bits per heavy atom. The van der Waals surface area contributed by atoms with Crippen molar-refractivity contribution in [2.45, 2.75) is 66.7 Å². The van der Waals surface area contributed by atoms with E-state index in [4.69, 9.17) is 47.4 Å². The van der Waals surface area contributed by atoms with Gasteiger partial charge in [-0.2, -0.15) is 0 Å². The lowest BCUT2D eigenvalue weighted by Gasteiger charge is -2.35. The van der Waals surface area contributed by atoms with Crippen molar-refractivity contribution in [1.29, 1.82) is 0 Å². The number of carbonyl (C=O) groups excluding carboxylic acids is 1. The summed E-state index contributed by atoms with van der Waals surface area (Å²) in [6.07, 6.45) is 1.13. The van der Waals surface area contributed by atoms with Gasteiger partial charge in [-0.05, 0) is 106 Å². The molecule has 0 saturated carbocycles. The smallest absolute Gasteiger partial charge is 0.352 e. The first-order valence-electron chi connectivity index (χ1n) is 20.2. The number of halogens is 2. The summed E-state index contributed by atoms with van der Waals surface area (Å²) in [6, 6.07) is 22.7. The Kier molecular flexibility index (Phi) is 11.6. The van der Waals surface area contributed by atoms with E-state index in [1.807, 2.05) is 88.4 Å². The predicted octanol–water partition coefficient (Wildman–Crippen LogP) is 10.8. The van der Waals surface area contributed by atoms with Gasteiger partial charge in [0, 0.05) is 57.9 Å². The van der Waals surface area contributed by atoms with Crippen LogP contribution in [0.3, 0.4) is 0 Å². The summed E-state index contributed by atoms with van der Waals surface area (Å²) in [4.78, 5) is 39.2. The Bertz CT molecular complexity index is 2820. The van der Waals surface area contributed by atoms with Crippen LogP contribution in [0.25, 0.3) is 32.9 Å². The fourth-order valence-corrected chi connectivity index (χ4v) is 9.23. The van der Waals surface area contributed by atoms with Crippen LogP contribution < -0.4 is 14.4 Å². The van der Waals surface area contributed by atoms with Gasteiger partial charge in [-0.3, -0.25) is 4.79 Å². The lowest BCUT2D eigenvalue weighted by molar-refractivity contribution is 0.0687. The van der Waals surface area contributed by atoms with Crippen molar-refractivity contribution in [2.24, 2.45) is 7.05 Å². The minimum Gasteiger partial charge on any atom is -0.496 e. The third kappa shape index (κ3) is 7.60. The van der Waals surface area contributed by atoms with Gasteiger partial charge in [-0.1, -0.05) is 59.6 Å². The minimum absolute atomic E-state index is 0.0835. The standard InChI is InChI=1S/C48H47Cl2N5O6/c1-26-20-32(21-27(2)43(26)50)61-19-11-14-33-34-15-16-36(49)42(41-29(4)51-40(52-30(41)5)25-60-24-31-12-9-8-10-13-31)45(34)55-28(3)23-54(47(56)46(33)55)37-17-18-39(59-7)35-22-38(48(57)58)53(6)44(35)37/h8-10,12-13,15-18,20-22,28H,11,14,19,23-25H2,1-7H3,(H,57,58)/t28-/m1/s1. The molecule has 61 heavy (non-hydrogen) atoms. The van der Waals surface area contributed by atoms with Crippen molar-refractivity contribution < 1.29 is 28.9 Å². The summed E-state index contributed by atoms with van der Waals surface area (Å²) in [6.45, 7) is 11.3. The number of rotatable bonds is 13. The van der Waals surface area contributed by atoms with E-state index in [1.54, 1.807) is 35.8 Å². The fraction of sp³-hybridized carbons (Fsp3) is 0.292. The van der Waals surface area contributed by atoms with Gasteiger partial charge in [0.05, 0.1) is 42.1 Å². The number of hydrogen-bond donors (Lipinski definition) is 1. The normalized spacial score (nSPS) is 14.0. The third-order valence-electron chi connectivity index (χ3n) is 11.6. The number of aryl methyl sites for hydroxylation is 6. The molecule has 0 fully saturated rings. The van der Waals surface area contributed by atoms with Gasteiger partial charge in [-0.25, -0.2) is 14.8 Å². The molecule has 0 unspecified atom stereocenters. The molecule has 4 aromatic carbocycles. The van der Waals surface area contributed by atoms with E-state index < -0.39 is 5.97 Å². The number of aromatic nitrogens is 4. The second-order valence-corrected chi connectivity index (χ2v) is 16.5. The molecule has 1 N–H and O–H groups in total. The Morgan fingerprint density at radius 1 is 0.885 bits per heavy atom. The van der Waals surface area contributed by atoms with Crippen molar-refractivity contribution in [1.82, 2.24) is 19.1 Å². The van der Waals surface area contributed by atoms with E-state index in [0.29, 0.717) is 71.5 Å². The summed E-state index contributed by atoms with van der Waals surface area (Å²) in [7, 11) is 3.24. The second kappa shape index (κ2) is 16.9. The van der Waals surface area contributed by atoms with Crippen LogP contribution in [-0.2, 0) is 31.4 Å². The number of carboxylic acids is 1. The molecule has 0 saturated heterocycles. The first-order valence-corrected chi connectivity index (χ1v) is 21.0. The maximum absolute atomic E-state index is 15.3. The zero-order chi connectivity index (χ0) is 43.3. The quantitative estimate of drug-likeness (QED) is 0.114. The van der Waals surface area contributed by atoms with E-state index >= 15 is 4.79 Å². The van der Waals surface area contributed by atoms with Crippen LogP contribution in [0.2, 0.25) is 10.0 Å². The number of ether oxygens (including phenoxy) is 3. The van der Waals surface area contributed by atoms with E-state index in [1.165, 1.54) is 0 Å². The van der Waals surface area contributed by atoms with E-state index in [9.17, 15) is 9.90 Å². The van der Waals surface area contributed by atoms with Crippen molar-refractivity contribution in [3.63, 3.8) is 0 Å². The molecule has 0 bridgehead atoms. The molecule has 1 aliphatic rings. The molecular weight excluding hydrogens is 813 g/mol. The molecule has 8 rings (SSSR count). The highest BCUT2D eigenvalue weighted by Gasteiger charge is 2.38. The van der Waals surface area contributed by atoms with Crippen molar-refractivity contribution in [3.05, 3.63) is 134 Å². The number of hydrogen-bond acceptors (Lipinski definition) is 7. The Labute approximate surface area is 364 Å². The zero-order valence-corrected chi connectivity index (χ0v) is 36.7. The molecule has 4 heterocycles. The average molecular weight is 861 g/mol. The third-order valence-corrected chi connectivity index (χ3v) is 12.5. The molecule has 0 radical (unpaired) electrons. The lowest BCUT2D eigenvalue weighted by atomic mass is 9.97. The van der Waals surface area contributed by atoms with Crippen LogP contribution in [-0.4, -0.2) is 56.3 Å².